The molecule has 6 heteroatoms. The van der Waals surface area contributed by atoms with E-state index in [0.29, 0.717) is 10.6 Å². The first-order chi connectivity index (χ1) is 16.0. The van der Waals surface area contributed by atoms with Gasteiger partial charge < -0.3 is 10.2 Å². The van der Waals surface area contributed by atoms with Gasteiger partial charge in [-0.05, 0) is 80.3 Å². The Morgan fingerprint density at radius 2 is 1.85 bits per heavy atom. The fraction of sp³-hybridized carbons (Fsp3) is 0.222. The zero-order chi connectivity index (χ0) is 22.9. The smallest absolute Gasteiger partial charge is 0.251 e. The van der Waals surface area contributed by atoms with Crippen LogP contribution in [0.3, 0.4) is 0 Å². The number of fused-ring (bicyclic) bond motifs is 2. The number of anilines is 2. The van der Waals surface area contributed by atoms with E-state index in [4.69, 9.17) is 16.6 Å². The van der Waals surface area contributed by atoms with E-state index < -0.39 is 0 Å². The van der Waals surface area contributed by atoms with Crippen molar-refractivity contribution >= 4 is 39.9 Å². The van der Waals surface area contributed by atoms with Crippen LogP contribution in [0.2, 0.25) is 5.02 Å². The summed E-state index contributed by atoms with van der Waals surface area (Å²) in [7, 11) is 0. The van der Waals surface area contributed by atoms with Gasteiger partial charge in [0.15, 0.2) is 0 Å². The summed E-state index contributed by atoms with van der Waals surface area (Å²) in [5.41, 5.74) is 5.08. The van der Waals surface area contributed by atoms with Crippen molar-refractivity contribution in [3.8, 4) is 0 Å². The molecule has 1 aliphatic heterocycles. The second-order valence-corrected chi connectivity index (χ2v) is 8.89. The molecule has 1 atom stereocenters. The van der Waals surface area contributed by atoms with Crippen LogP contribution in [0.15, 0.2) is 66.7 Å². The summed E-state index contributed by atoms with van der Waals surface area (Å²) in [5, 5.41) is 4.77. The van der Waals surface area contributed by atoms with E-state index in [1.807, 2.05) is 32.0 Å². The third-order valence-electron chi connectivity index (χ3n) is 6.13. The Balaban J connectivity index is 1.43. The lowest BCUT2D eigenvalue weighted by atomic mass is 9.96. The molecule has 1 N–H and O–H groups in total. The molecule has 1 unspecified atom stereocenters. The molecule has 0 aliphatic carbocycles. The molecular formula is C27H25ClN4O. The van der Waals surface area contributed by atoms with Crippen molar-refractivity contribution < 1.29 is 4.79 Å². The Morgan fingerprint density at radius 3 is 2.67 bits per heavy atom. The number of aromatic nitrogens is 2. The molecule has 1 aromatic heterocycles. The number of carbonyl (C=O) groups excluding carboxylic acids is 1. The first-order valence-electron chi connectivity index (χ1n) is 11.2. The summed E-state index contributed by atoms with van der Waals surface area (Å²) in [5.74, 6) is 1.61. The van der Waals surface area contributed by atoms with Gasteiger partial charge in [-0.15, -0.1) is 0 Å². The molecule has 3 aromatic carbocycles. The summed E-state index contributed by atoms with van der Waals surface area (Å²) in [6, 6.07) is 21.4. The van der Waals surface area contributed by atoms with Crippen LogP contribution in [0, 0.1) is 6.92 Å². The highest BCUT2D eigenvalue weighted by Crippen LogP contribution is 2.37. The Bertz CT molecular complexity index is 1340. The van der Waals surface area contributed by atoms with Crippen LogP contribution in [0.25, 0.3) is 10.9 Å². The second kappa shape index (κ2) is 8.83. The third kappa shape index (κ3) is 4.29. The maximum absolute atomic E-state index is 12.6. The fourth-order valence-corrected chi connectivity index (χ4v) is 4.58. The topological polar surface area (TPSA) is 58.1 Å². The SMILES string of the molecule is Cc1nc(N2CCCc3cc(C(C)NC(=O)c4ccc(Cl)cc4)ccc32)c2ccccc2n1. The first-order valence-corrected chi connectivity index (χ1v) is 11.6. The van der Waals surface area contributed by atoms with E-state index in [0.717, 1.165) is 47.5 Å². The van der Waals surface area contributed by atoms with Crippen molar-refractivity contribution in [1.29, 1.82) is 0 Å². The largest absolute Gasteiger partial charge is 0.346 e. The van der Waals surface area contributed by atoms with Gasteiger partial charge in [-0.25, -0.2) is 9.97 Å². The van der Waals surface area contributed by atoms with E-state index in [-0.39, 0.29) is 11.9 Å². The predicted molar refractivity (Wildman–Crippen MR) is 133 cm³/mol. The molecule has 0 bridgehead atoms. The summed E-state index contributed by atoms with van der Waals surface area (Å²) in [6.45, 7) is 4.86. The first kappa shape index (κ1) is 21.4. The van der Waals surface area contributed by atoms with Gasteiger partial charge in [-0.3, -0.25) is 4.79 Å². The van der Waals surface area contributed by atoms with Crippen molar-refractivity contribution in [3.05, 3.63) is 94.3 Å². The van der Waals surface area contributed by atoms with E-state index >= 15 is 0 Å². The van der Waals surface area contributed by atoms with Gasteiger partial charge in [0.25, 0.3) is 5.91 Å². The van der Waals surface area contributed by atoms with Crippen LogP contribution in [-0.2, 0) is 6.42 Å². The van der Waals surface area contributed by atoms with Crippen molar-refractivity contribution in [2.45, 2.75) is 32.7 Å². The standard InChI is InChI=1S/C27H25ClN4O/c1-17(29-27(33)19-9-12-22(28)13-10-19)20-11-14-25-21(16-20)6-5-15-32(25)26-23-7-3-4-8-24(23)30-18(2)31-26/h3-4,7-14,16-17H,5-6,15H2,1-2H3,(H,29,33). The van der Waals surface area contributed by atoms with Crippen molar-refractivity contribution in [1.82, 2.24) is 15.3 Å². The molecule has 5 rings (SSSR count). The van der Waals surface area contributed by atoms with Crippen LogP contribution in [0.1, 0.15) is 46.7 Å². The van der Waals surface area contributed by atoms with Gasteiger partial charge in [0.05, 0.1) is 11.6 Å². The number of benzene rings is 3. The lowest BCUT2D eigenvalue weighted by molar-refractivity contribution is 0.0940. The molecule has 4 aromatic rings. The van der Waals surface area contributed by atoms with Gasteiger partial charge in [0.2, 0.25) is 0 Å². The number of hydrogen-bond donors (Lipinski definition) is 1. The molecule has 33 heavy (non-hydrogen) atoms. The zero-order valence-corrected chi connectivity index (χ0v) is 19.4. The van der Waals surface area contributed by atoms with Crippen molar-refractivity contribution in [2.75, 3.05) is 11.4 Å². The zero-order valence-electron chi connectivity index (χ0n) is 18.7. The Kier molecular flexibility index (Phi) is 5.73. The number of nitrogens with zero attached hydrogens (tertiary/aromatic N) is 3. The van der Waals surface area contributed by atoms with Crippen LogP contribution in [-0.4, -0.2) is 22.4 Å². The summed E-state index contributed by atoms with van der Waals surface area (Å²) >= 11 is 5.94. The maximum atomic E-state index is 12.6. The Hall–Kier alpha value is -3.44. The molecule has 2 heterocycles. The highest BCUT2D eigenvalue weighted by Gasteiger charge is 2.23. The maximum Gasteiger partial charge on any atom is 0.251 e. The highest BCUT2D eigenvalue weighted by atomic mass is 35.5. The van der Waals surface area contributed by atoms with E-state index in [1.54, 1.807) is 24.3 Å². The number of halogens is 1. The number of rotatable bonds is 4. The summed E-state index contributed by atoms with van der Waals surface area (Å²) in [6.07, 6.45) is 2.04. The molecular weight excluding hydrogens is 432 g/mol. The predicted octanol–water partition coefficient (Wildman–Crippen LogP) is 6.17. The average molecular weight is 457 g/mol. The van der Waals surface area contributed by atoms with Gasteiger partial charge in [0, 0.05) is 28.2 Å². The lowest BCUT2D eigenvalue weighted by Gasteiger charge is -2.32. The minimum Gasteiger partial charge on any atom is -0.346 e. The minimum atomic E-state index is -0.115. The number of para-hydroxylation sites is 1. The number of carbonyl (C=O) groups is 1. The van der Waals surface area contributed by atoms with Gasteiger partial charge in [-0.1, -0.05) is 35.9 Å². The van der Waals surface area contributed by atoms with E-state index in [1.165, 1.54) is 11.3 Å². The second-order valence-electron chi connectivity index (χ2n) is 8.46. The van der Waals surface area contributed by atoms with Gasteiger partial charge in [-0.2, -0.15) is 0 Å². The highest BCUT2D eigenvalue weighted by molar-refractivity contribution is 6.30. The molecule has 166 valence electrons. The number of nitrogens with one attached hydrogen (secondary N) is 1. The number of hydrogen-bond acceptors (Lipinski definition) is 4. The third-order valence-corrected chi connectivity index (χ3v) is 6.38. The fourth-order valence-electron chi connectivity index (χ4n) is 4.45. The lowest BCUT2D eigenvalue weighted by Crippen LogP contribution is -2.28. The van der Waals surface area contributed by atoms with Crippen LogP contribution in [0.4, 0.5) is 11.5 Å². The van der Waals surface area contributed by atoms with Gasteiger partial charge in [0.1, 0.15) is 11.6 Å². The van der Waals surface area contributed by atoms with Crippen LogP contribution in [0.5, 0.6) is 0 Å². The number of amides is 1. The molecule has 5 nitrogen and oxygen atoms in total. The van der Waals surface area contributed by atoms with E-state index in [9.17, 15) is 4.79 Å². The Morgan fingerprint density at radius 1 is 1.06 bits per heavy atom. The molecule has 0 saturated heterocycles. The molecule has 0 saturated carbocycles. The Labute approximate surface area is 198 Å². The average Bonchev–Trinajstić information content (AvgIpc) is 2.83. The normalized spacial score (nSPS) is 14.1. The molecule has 1 aliphatic rings. The van der Waals surface area contributed by atoms with Crippen molar-refractivity contribution in [2.24, 2.45) is 0 Å². The monoisotopic (exact) mass is 456 g/mol. The minimum absolute atomic E-state index is 0.110. The molecule has 0 spiro atoms. The van der Waals surface area contributed by atoms with Crippen LogP contribution >= 0.6 is 11.6 Å². The van der Waals surface area contributed by atoms with Crippen molar-refractivity contribution in [3.63, 3.8) is 0 Å². The molecule has 0 fully saturated rings. The quantitative estimate of drug-likeness (QED) is 0.399. The summed E-state index contributed by atoms with van der Waals surface area (Å²) in [4.78, 5) is 24.4. The van der Waals surface area contributed by atoms with Crippen LogP contribution < -0.4 is 10.2 Å². The molecule has 0 radical (unpaired) electrons. The van der Waals surface area contributed by atoms with E-state index in [2.05, 4.69) is 39.5 Å². The number of aryl methyl sites for hydroxylation is 2. The summed E-state index contributed by atoms with van der Waals surface area (Å²) < 4.78 is 0. The van der Waals surface area contributed by atoms with Gasteiger partial charge >= 0.3 is 0 Å². The molecule has 1 amide bonds.